The van der Waals surface area contributed by atoms with E-state index in [4.69, 9.17) is 0 Å². The van der Waals surface area contributed by atoms with Crippen molar-refractivity contribution in [2.24, 2.45) is 0 Å². The summed E-state index contributed by atoms with van der Waals surface area (Å²) in [6.07, 6.45) is 0. The van der Waals surface area contributed by atoms with Crippen molar-refractivity contribution in [1.29, 1.82) is 0 Å². The number of carbonyl (C=O) groups is 2. The van der Waals surface area contributed by atoms with Crippen molar-refractivity contribution in [3.63, 3.8) is 0 Å². The first-order chi connectivity index (χ1) is 8.41. The quantitative estimate of drug-likeness (QED) is 0.792. The van der Waals surface area contributed by atoms with Gasteiger partial charge < -0.3 is 10.6 Å². The van der Waals surface area contributed by atoms with E-state index in [1.807, 2.05) is 0 Å². The molecule has 1 rings (SSSR count). The van der Waals surface area contributed by atoms with E-state index in [0.717, 1.165) is 0 Å². The zero-order valence-corrected chi connectivity index (χ0v) is 13.2. The number of anilines is 2. The number of para-hydroxylation sites is 2. The highest BCUT2D eigenvalue weighted by Gasteiger charge is 2.14. The van der Waals surface area contributed by atoms with E-state index in [-0.39, 0.29) is 21.5 Å². The highest BCUT2D eigenvalue weighted by molar-refractivity contribution is 9.10. The largest absolute Gasteiger partial charge is 0.323 e. The molecule has 6 heteroatoms. The summed E-state index contributed by atoms with van der Waals surface area (Å²) in [6.45, 7) is 3.47. The van der Waals surface area contributed by atoms with E-state index in [0.29, 0.717) is 11.4 Å². The van der Waals surface area contributed by atoms with Crippen LogP contribution in [0.1, 0.15) is 13.8 Å². The number of alkyl halides is 2. The van der Waals surface area contributed by atoms with Gasteiger partial charge in [0.25, 0.3) is 0 Å². The molecule has 0 fully saturated rings. The number of carbonyl (C=O) groups excluding carboxylic acids is 2. The lowest BCUT2D eigenvalue weighted by Crippen LogP contribution is -2.23. The van der Waals surface area contributed by atoms with Crippen LogP contribution in [0.3, 0.4) is 0 Å². The van der Waals surface area contributed by atoms with Gasteiger partial charge in [0.2, 0.25) is 11.8 Å². The van der Waals surface area contributed by atoms with Crippen molar-refractivity contribution in [2.75, 3.05) is 10.6 Å². The summed E-state index contributed by atoms with van der Waals surface area (Å²) >= 11 is 6.38. The Labute approximate surface area is 123 Å². The van der Waals surface area contributed by atoms with Crippen LogP contribution in [-0.2, 0) is 9.59 Å². The van der Waals surface area contributed by atoms with Crippen LogP contribution in [0, 0.1) is 0 Å². The summed E-state index contributed by atoms with van der Waals surface area (Å²) in [7, 11) is 0. The van der Waals surface area contributed by atoms with E-state index in [1.54, 1.807) is 38.1 Å². The van der Waals surface area contributed by atoms with E-state index in [1.165, 1.54) is 0 Å². The zero-order chi connectivity index (χ0) is 13.7. The van der Waals surface area contributed by atoms with Crippen LogP contribution in [0.2, 0.25) is 0 Å². The molecule has 0 aliphatic rings. The minimum Gasteiger partial charge on any atom is -0.323 e. The Balaban J connectivity index is 2.86. The first-order valence-electron chi connectivity index (χ1n) is 5.40. The molecule has 2 amide bonds. The fraction of sp³-hybridized carbons (Fsp3) is 0.333. The molecule has 1 aromatic rings. The molecule has 98 valence electrons. The van der Waals surface area contributed by atoms with Crippen molar-refractivity contribution in [3.8, 4) is 0 Å². The molecule has 2 atom stereocenters. The third kappa shape index (κ3) is 4.42. The van der Waals surface area contributed by atoms with Crippen molar-refractivity contribution in [1.82, 2.24) is 0 Å². The van der Waals surface area contributed by atoms with Gasteiger partial charge in [0.1, 0.15) is 0 Å². The first-order valence-corrected chi connectivity index (χ1v) is 7.24. The Morgan fingerprint density at radius 3 is 1.56 bits per heavy atom. The van der Waals surface area contributed by atoms with Gasteiger partial charge >= 0.3 is 0 Å². The van der Waals surface area contributed by atoms with Crippen LogP contribution in [-0.4, -0.2) is 21.5 Å². The minimum absolute atomic E-state index is 0.163. The summed E-state index contributed by atoms with van der Waals surface area (Å²) in [6, 6.07) is 7.06. The molecule has 0 saturated carbocycles. The van der Waals surface area contributed by atoms with Gasteiger partial charge in [0.15, 0.2) is 0 Å². The van der Waals surface area contributed by atoms with Crippen molar-refractivity contribution in [3.05, 3.63) is 24.3 Å². The predicted molar refractivity (Wildman–Crippen MR) is 80.5 cm³/mol. The van der Waals surface area contributed by atoms with E-state index in [9.17, 15) is 9.59 Å². The minimum atomic E-state index is -0.295. The van der Waals surface area contributed by atoms with Crippen LogP contribution in [0.4, 0.5) is 11.4 Å². The Kier molecular flexibility index (Phi) is 5.81. The lowest BCUT2D eigenvalue weighted by Gasteiger charge is -2.13. The van der Waals surface area contributed by atoms with Crippen LogP contribution in [0.15, 0.2) is 24.3 Å². The second kappa shape index (κ2) is 6.89. The highest BCUT2D eigenvalue weighted by atomic mass is 79.9. The first kappa shape index (κ1) is 15.2. The number of benzene rings is 1. The normalized spacial score (nSPS) is 13.6. The van der Waals surface area contributed by atoms with E-state index >= 15 is 0 Å². The number of hydrogen-bond donors (Lipinski definition) is 2. The number of amides is 2. The van der Waals surface area contributed by atoms with Gasteiger partial charge in [-0.25, -0.2) is 0 Å². The molecule has 0 heterocycles. The van der Waals surface area contributed by atoms with Gasteiger partial charge in [0.05, 0.1) is 21.0 Å². The van der Waals surface area contributed by atoms with Gasteiger partial charge in [-0.05, 0) is 26.0 Å². The van der Waals surface area contributed by atoms with E-state index in [2.05, 4.69) is 42.5 Å². The monoisotopic (exact) mass is 376 g/mol. The Morgan fingerprint density at radius 2 is 1.28 bits per heavy atom. The second-order valence-corrected chi connectivity index (χ2v) is 6.50. The van der Waals surface area contributed by atoms with Gasteiger partial charge in [-0.1, -0.05) is 44.0 Å². The molecule has 0 bridgehead atoms. The van der Waals surface area contributed by atoms with Crippen LogP contribution in [0.5, 0.6) is 0 Å². The third-order valence-electron chi connectivity index (χ3n) is 2.17. The number of rotatable bonds is 4. The van der Waals surface area contributed by atoms with Crippen molar-refractivity contribution >= 4 is 55.0 Å². The molecule has 18 heavy (non-hydrogen) atoms. The topological polar surface area (TPSA) is 58.2 Å². The van der Waals surface area contributed by atoms with Crippen LogP contribution >= 0.6 is 31.9 Å². The summed E-state index contributed by atoms with van der Waals surface area (Å²) in [5, 5.41) is 5.48. The van der Waals surface area contributed by atoms with Crippen LogP contribution < -0.4 is 10.6 Å². The molecule has 0 saturated heterocycles. The maximum absolute atomic E-state index is 11.6. The molecule has 0 aliphatic heterocycles. The molecule has 2 N–H and O–H groups in total. The maximum Gasteiger partial charge on any atom is 0.237 e. The van der Waals surface area contributed by atoms with Gasteiger partial charge in [-0.3, -0.25) is 9.59 Å². The summed E-state index contributed by atoms with van der Waals surface area (Å²) < 4.78 is 0. The van der Waals surface area contributed by atoms with Gasteiger partial charge in [-0.2, -0.15) is 0 Å². The fourth-order valence-electron chi connectivity index (χ4n) is 1.17. The van der Waals surface area contributed by atoms with Crippen molar-refractivity contribution in [2.45, 2.75) is 23.5 Å². The summed E-state index contributed by atoms with van der Waals surface area (Å²) in [4.78, 5) is 22.6. The van der Waals surface area contributed by atoms with Crippen LogP contribution in [0.25, 0.3) is 0 Å². The predicted octanol–water partition coefficient (Wildman–Crippen LogP) is 3.13. The van der Waals surface area contributed by atoms with Crippen molar-refractivity contribution < 1.29 is 9.59 Å². The maximum atomic E-state index is 11.6. The number of hydrogen-bond acceptors (Lipinski definition) is 2. The average molecular weight is 378 g/mol. The molecular formula is C12H14Br2N2O2. The Morgan fingerprint density at radius 1 is 0.944 bits per heavy atom. The summed E-state index contributed by atoms with van der Waals surface area (Å²) in [5.74, 6) is -0.327. The lowest BCUT2D eigenvalue weighted by molar-refractivity contribution is -0.116. The standard InChI is InChI=1S/C12H14Br2N2O2/c1-7(13)11(17)15-9-5-3-4-6-10(9)16-12(18)8(2)14/h3-8H,1-2H3,(H,15,17)(H,16,18). The third-order valence-corrected chi connectivity index (χ3v) is 3.00. The number of nitrogens with one attached hydrogen (secondary N) is 2. The zero-order valence-electron chi connectivity index (χ0n) is 10.0. The Hall–Kier alpha value is -0.880. The SMILES string of the molecule is CC(Br)C(=O)Nc1ccccc1NC(=O)C(C)Br. The fourth-order valence-corrected chi connectivity index (χ4v) is 1.39. The highest BCUT2D eigenvalue weighted by Crippen LogP contribution is 2.22. The molecular weight excluding hydrogens is 364 g/mol. The molecule has 0 spiro atoms. The molecule has 1 aromatic carbocycles. The van der Waals surface area contributed by atoms with Gasteiger partial charge in [0, 0.05) is 0 Å². The molecule has 0 aromatic heterocycles. The van der Waals surface area contributed by atoms with Gasteiger partial charge in [-0.15, -0.1) is 0 Å². The van der Waals surface area contributed by atoms with E-state index < -0.39 is 0 Å². The smallest absolute Gasteiger partial charge is 0.237 e. The molecule has 4 nitrogen and oxygen atoms in total. The number of halogens is 2. The summed E-state index contributed by atoms with van der Waals surface area (Å²) in [5.41, 5.74) is 1.16. The second-order valence-electron chi connectivity index (χ2n) is 3.76. The molecule has 0 radical (unpaired) electrons. The lowest BCUT2D eigenvalue weighted by atomic mass is 10.2. The molecule has 0 aliphatic carbocycles. The molecule has 2 unspecified atom stereocenters. The average Bonchev–Trinajstić information content (AvgIpc) is 2.31. The Bertz CT molecular complexity index is 406.